The van der Waals surface area contributed by atoms with Crippen LogP contribution in [0.1, 0.15) is 18.4 Å². The molecule has 0 aromatic heterocycles. The Kier molecular flexibility index (Phi) is 5.74. The van der Waals surface area contributed by atoms with Gasteiger partial charge in [-0.3, -0.25) is 4.90 Å². The lowest BCUT2D eigenvalue weighted by atomic mass is 10.1. The van der Waals surface area contributed by atoms with E-state index in [1.807, 2.05) is 18.2 Å². The Hall–Kier alpha value is -1.47. The average molecular weight is 383 g/mol. The van der Waals surface area contributed by atoms with E-state index < -0.39 is 20.7 Å². The van der Waals surface area contributed by atoms with Crippen molar-refractivity contribution in [2.24, 2.45) is 0 Å². The summed E-state index contributed by atoms with van der Waals surface area (Å²) in [6, 6.07) is 13.8. The number of benzene rings is 2. The molecule has 1 saturated heterocycles. The summed E-state index contributed by atoms with van der Waals surface area (Å²) in [6.45, 7) is 2.28. The molecule has 1 aliphatic heterocycles. The summed E-state index contributed by atoms with van der Waals surface area (Å²) < 4.78 is 41.7. The number of nitrogens with one attached hydrogen (secondary N) is 1. The second-order valence-corrected chi connectivity index (χ2v) is 8.32. The molecule has 0 unspecified atom stereocenters. The van der Waals surface area contributed by atoms with Gasteiger partial charge in [-0.2, -0.15) is 0 Å². The van der Waals surface area contributed by atoms with Gasteiger partial charge in [-0.05, 0) is 37.1 Å². The predicted octanol–water partition coefficient (Wildman–Crippen LogP) is 3.42. The van der Waals surface area contributed by atoms with Crippen molar-refractivity contribution in [2.75, 3.05) is 13.1 Å². The highest BCUT2D eigenvalue weighted by molar-refractivity contribution is 7.89. The summed E-state index contributed by atoms with van der Waals surface area (Å²) in [5.41, 5.74) is 1.19. The molecule has 1 aliphatic rings. The number of hydrogen-bond donors (Lipinski definition) is 1. The second kappa shape index (κ2) is 7.83. The van der Waals surface area contributed by atoms with Gasteiger partial charge in [0.05, 0.1) is 5.02 Å². The fourth-order valence-electron chi connectivity index (χ4n) is 3.11. The topological polar surface area (TPSA) is 49.4 Å². The van der Waals surface area contributed by atoms with Gasteiger partial charge in [0.25, 0.3) is 0 Å². The molecule has 7 heteroatoms. The highest BCUT2D eigenvalue weighted by Crippen LogP contribution is 2.23. The largest absolute Gasteiger partial charge is 0.298 e. The minimum absolute atomic E-state index is 0.197. The zero-order valence-electron chi connectivity index (χ0n) is 13.7. The Bertz CT molecular complexity index is 830. The third kappa shape index (κ3) is 4.58. The molecule has 1 N–H and O–H groups in total. The van der Waals surface area contributed by atoms with Crippen LogP contribution in [0.15, 0.2) is 53.4 Å². The lowest BCUT2D eigenvalue weighted by molar-refractivity contribution is 0.194. The highest BCUT2D eigenvalue weighted by Gasteiger charge is 2.27. The SMILES string of the molecule is O=S(=O)(N[C@@H]1CCCN(Cc2ccccc2)C1)c1cccc(Cl)c1F. The Balaban J connectivity index is 1.68. The molecule has 0 spiro atoms. The Morgan fingerprint density at radius 3 is 2.68 bits per heavy atom. The Morgan fingerprint density at radius 2 is 1.92 bits per heavy atom. The zero-order chi connectivity index (χ0) is 17.9. The minimum Gasteiger partial charge on any atom is -0.298 e. The maximum atomic E-state index is 14.1. The van der Waals surface area contributed by atoms with Crippen LogP contribution in [-0.4, -0.2) is 32.4 Å². The molecule has 0 saturated carbocycles. The van der Waals surface area contributed by atoms with E-state index in [1.165, 1.54) is 23.8 Å². The van der Waals surface area contributed by atoms with Crippen LogP contribution in [0.3, 0.4) is 0 Å². The molecule has 4 nitrogen and oxygen atoms in total. The van der Waals surface area contributed by atoms with Gasteiger partial charge in [-0.15, -0.1) is 0 Å². The van der Waals surface area contributed by atoms with Crippen LogP contribution in [0.25, 0.3) is 0 Å². The van der Waals surface area contributed by atoms with Crippen molar-refractivity contribution in [3.8, 4) is 0 Å². The molecule has 1 atom stereocenters. The quantitative estimate of drug-likeness (QED) is 0.862. The Morgan fingerprint density at radius 1 is 1.16 bits per heavy atom. The third-order valence-electron chi connectivity index (χ3n) is 4.28. The molecular weight excluding hydrogens is 363 g/mol. The van der Waals surface area contributed by atoms with Crippen LogP contribution in [-0.2, 0) is 16.6 Å². The van der Waals surface area contributed by atoms with E-state index in [9.17, 15) is 12.8 Å². The fourth-order valence-corrected chi connectivity index (χ4v) is 4.70. The first-order valence-corrected chi connectivity index (χ1v) is 10.0. The molecule has 2 aromatic carbocycles. The predicted molar refractivity (Wildman–Crippen MR) is 96.5 cm³/mol. The van der Waals surface area contributed by atoms with E-state index in [4.69, 9.17) is 11.6 Å². The normalized spacial score (nSPS) is 19.0. The number of halogens is 2. The van der Waals surface area contributed by atoms with Gasteiger partial charge in [-0.25, -0.2) is 17.5 Å². The molecule has 134 valence electrons. The van der Waals surface area contributed by atoms with E-state index >= 15 is 0 Å². The average Bonchev–Trinajstić information content (AvgIpc) is 2.58. The number of nitrogens with zero attached hydrogens (tertiary/aromatic N) is 1. The molecule has 0 amide bonds. The zero-order valence-corrected chi connectivity index (χ0v) is 15.2. The van der Waals surface area contributed by atoms with Gasteiger partial charge < -0.3 is 0 Å². The lowest BCUT2D eigenvalue weighted by Crippen LogP contribution is -2.47. The van der Waals surface area contributed by atoms with Crippen LogP contribution in [0, 0.1) is 5.82 Å². The first-order valence-electron chi connectivity index (χ1n) is 8.18. The van der Waals surface area contributed by atoms with Gasteiger partial charge >= 0.3 is 0 Å². The molecule has 1 fully saturated rings. The number of sulfonamides is 1. The van der Waals surface area contributed by atoms with Gasteiger partial charge in [-0.1, -0.05) is 48.0 Å². The Labute approximate surface area is 152 Å². The molecule has 1 heterocycles. The first kappa shape index (κ1) is 18.3. The summed E-state index contributed by atoms with van der Waals surface area (Å²) >= 11 is 5.70. The number of hydrogen-bond acceptors (Lipinski definition) is 3. The lowest BCUT2D eigenvalue weighted by Gasteiger charge is -2.33. The second-order valence-electron chi connectivity index (χ2n) is 6.23. The van der Waals surface area contributed by atoms with Gasteiger partial charge in [0, 0.05) is 19.1 Å². The smallest absolute Gasteiger partial charge is 0.243 e. The molecule has 3 rings (SSSR count). The van der Waals surface area contributed by atoms with E-state index in [-0.39, 0.29) is 11.1 Å². The van der Waals surface area contributed by atoms with E-state index in [1.54, 1.807) is 0 Å². The molecular formula is C18H20ClFN2O2S. The fraction of sp³-hybridized carbons (Fsp3) is 0.333. The summed E-state index contributed by atoms with van der Waals surface area (Å²) in [7, 11) is -3.95. The monoisotopic (exact) mass is 382 g/mol. The molecule has 0 radical (unpaired) electrons. The van der Waals surface area contributed by atoms with Crippen molar-refractivity contribution < 1.29 is 12.8 Å². The summed E-state index contributed by atoms with van der Waals surface area (Å²) in [6.07, 6.45) is 1.62. The number of rotatable bonds is 5. The highest BCUT2D eigenvalue weighted by atomic mass is 35.5. The van der Waals surface area contributed by atoms with Crippen molar-refractivity contribution >= 4 is 21.6 Å². The van der Waals surface area contributed by atoms with Gasteiger partial charge in [0.2, 0.25) is 10.0 Å². The first-order chi connectivity index (χ1) is 12.0. The van der Waals surface area contributed by atoms with Crippen molar-refractivity contribution in [3.63, 3.8) is 0 Å². The van der Waals surface area contributed by atoms with Crippen molar-refractivity contribution in [1.29, 1.82) is 0 Å². The maximum Gasteiger partial charge on any atom is 0.243 e. The van der Waals surface area contributed by atoms with Crippen molar-refractivity contribution in [3.05, 3.63) is 64.9 Å². The van der Waals surface area contributed by atoms with E-state index in [0.29, 0.717) is 6.54 Å². The van der Waals surface area contributed by atoms with Crippen LogP contribution >= 0.6 is 11.6 Å². The van der Waals surface area contributed by atoms with Crippen LogP contribution in [0.4, 0.5) is 4.39 Å². The maximum absolute atomic E-state index is 14.1. The van der Waals surface area contributed by atoms with Crippen LogP contribution in [0.2, 0.25) is 5.02 Å². The third-order valence-corrected chi connectivity index (χ3v) is 6.11. The van der Waals surface area contributed by atoms with Gasteiger partial charge in [0.15, 0.2) is 5.82 Å². The number of likely N-dealkylation sites (tertiary alicyclic amines) is 1. The van der Waals surface area contributed by atoms with Crippen LogP contribution in [0.5, 0.6) is 0 Å². The van der Waals surface area contributed by atoms with E-state index in [2.05, 4.69) is 21.8 Å². The standard InChI is InChI=1S/C18H20ClFN2O2S/c19-16-9-4-10-17(18(16)20)25(23,24)21-15-8-5-11-22(13-15)12-14-6-2-1-3-7-14/h1-4,6-7,9-10,15,21H,5,8,11-13H2/t15-/m1/s1. The molecule has 2 aromatic rings. The van der Waals surface area contributed by atoms with Gasteiger partial charge in [0.1, 0.15) is 4.90 Å². The van der Waals surface area contributed by atoms with Crippen molar-refractivity contribution in [2.45, 2.75) is 30.3 Å². The van der Waals surface area contributed by atoms with Crippen LogP contribution < -0.4 is 4.72 Å². The minimum atomic E-state index is -3.95. The summed E-state index contributed by atoms with van der Waals surface area (Å²) in [5, 5.41) is -0.197. The molecule has 25 heavy (non-hydrogen) atoms. The summed E-state index contributed by atoms with van der Waals surface area (Å²) in [4.78, 5) is 1.81. The number of piperidine rings is 1. The molecule has 0 bridgehead atoms. The van der Waals surface area contributed by atoms with Crippen molar-refractivity contribution in [1.82, 2.24) is 9.62 Å². The van der Waals surface area contributed by atoms with E-state index in [0.717, 1.165) is 25.9 Å². The summed E-state index contributed by atoms with van der Waals surface area (Å²) in [5.74, 6) is -0.909. The molecule has 0 aliphatic carbocycles.